The highest BCUT2D eigenvalue weighted by Gasteiger charge is 2.36. The molecule has 0 aromatic rings. The number of hydrogen-bond acceptors (Lipinski definition) is 2. The second-order valence-electron chi connectivity index (χ2n) is 9.94. The van der Waals surface area contributed by atoms with Crippen LogP contribution in [0.1, 0.15) is 83.5 Å². The van der Waals surface area contributed by atoms with Gasteiger partial charge in [-0.25, -0.2) is 0 Å². The first-order valence-electron chi connectivity index (χ1n) is 11.9. The lowest BCUT2D eigenvalue weighted by Crippen LogP contribution is -2.36. The van der Waals surface area contributed by atoms with E-state index in [1.54, 1.807) is 0 Å². The zero-order chi connectivity index (χ0) is 19.3. The summed E-state index contributed by atoms with van der Waals surface area (Å²) in [5.74, 6) is 4.23. The molecule has 3 aliphatic carbocycles. The van der Waals surface area contributed by atoms with Crippen LogP contribution in [-0.2, 0) is 9.47 Å². The van der Waals surface area contributed by atoms with Crippen LogP contribution in [0, 0.1) is 35.5 Å². The highest BCUT2D eigenvalue weighted by Crippen LogP contribution is 2.46. The van der Waals surface area contributed by atoms with E-state index in [1.807, 2.05) is 0 Å². The van der Waals surface area contributed by atoms with Gasteiger partial charge in [-0.15, -0.1) is 0 Å². The molecule has 0 amide bonds. The van der Waals surface area contributed by atoms with Gasteiger partial charge in [0.15, 0.2) is 6.29 Å². The predicted molar refractivity (Wildman–Crippen MR) is 107 cm³/mol. The molecule has 0 aromatic heterocycles. The SMILES string of the molecule is FC(F)=CC1CCC(C2CCC(C3CCC(C4OCCCO4)CC3)CC2)CC1. The van der Waals surface area contributed by atoms with Crippen molar-refractivity contribution >= 4 is 0 Å². The molecule has 4 fully saturated rings. The zero-order valence-electron chi connectivity index (χ0n) is 17.3. The van der Waals surface area contributed by atoms with Crippen LogP contribution in [-0.4, -0.2) is 19.5 Å². The minimum absolute atomic E-state index is 0.0706. The molecule has 160 valence electrons. The van der Waals surface area contributed by atoms with Crippen LogP contribution in [0.15, 0.2) is 12.2 Å². The van der Waals surface area contributed by atoms with E-state index in [0.717, 1.165) is 69.0 Å². The third-order valence-corrected chi connectivity index (χ3v) is 8.38. The Morgan fingerprint density at radius 3 is 1.39 bits per heavy atom. The molecule has 4 aliphatic rings. The molecule has 0 atom stereocenters. The van der Waals surface area contributed by atoms with Gasteiger partial charge in [-0.3, -0.25) is 0 Å². The summed E-state index contributed by atoms with van der Waals surface area (Å²) in [6, 6.07) is 0. The maximum atomic E-state index is 12.5. The molecule has 4 heteroatoms. The van der Waals surface area contributed by atoms with E-state index in [4.69, 9.17) is 9.47 Å². The molecule has 0 spiro atoms. The van der Waals surface area contributed by atoms with Gasteiger partial charge in [0.2, 0.25) is 0 Å². The molecule has 2 nitrogen and oxygen atoms in total. The molecule has 0 radical (unpaired) electrons. The Hall–Kier alpha value is -0.480. The summed E-state index contributed by atoms with van der Waals surface area (Å²) in [6.07, 6.45) is 15.9. The van der Waals surface area contributed by atoms with Crippen molar-refractivity contribution in [2.24, 2.45) is 35.5 Å². The lowest BCUT2D eigenvalue weighted by Gasteiger charge is -2.42. The summed E-state index contributed by atoms with van der Waals surface area (Å²) in [6.45, 7) is 1.74. The molecule has 3 saturated carbocycles. The fraction of sp³-hybridized carbons (Fsp3) is 0.917. The van der Waals surface area contributed by atoms with Gasteiger partial charge < -0.3 is 9.47 Å². The number of rotatable bonds is 4. The average molecular weight is 397 g/mol. The first-order valence-corrected chi connectivity index (χ1v) is 11.9. The van der Waals surface area contributed by atoms with Crippen molar-refractivity contribution in [1.82, 2.24) is 0 Å². The largest absolute Gasteiger partial charge is 0.352 e. The van der Waals surface area contributed by atoms with Crippen LogP contribution < -0.4 is 0 Å². The third kappa shape index (κ3) is 5.36. The third-order valence-electron chi connectivity index (χ3n) is 8.38. The minimum Gasteiger partial charge on any atom is -0.352 e. The van der Waals surface area contributed by atoms with Gasteiger partial charge in [0.05, 0.1) is 13.2 Å². The summed E-state index contributed by atoms with van der Waals surface area (Å²) < 4.78 is 36.6. The first-order chi connectivity index (χ1) is 13.7. The Labute approximate surface area is 169 Å². The van der Waals surface area contributed by atoms with Gasteiger partial charge in [-0.05, 0) is 119 Å². The second kappa shape index (κ2) is 10.0. The van der Waals surface area contributed by atoms with Gasteiger partial charge in [0, 0.05) is 5.92 Å². The fourth-order valence-electron chi connectivity index (χ4n) is 6.72. The predicted octanol–water partition coefficient (Wildman–Crippen LogP) is 6.95. The number of halogens is 2. The van der Waals surface area contributed by atoms with Crippen molar-refractivity contribution in [2.45, 2.75) is 89.8 Å². The molecule has 0 unspecified atom stereocenters. The van der Waals surface area contributed by atoms with Crippen LogP contribution in [0.5, 0.6) is 0 Å². The van der Waals surface area contributed by atoms with Gasteiger partial charge in [0.1, 0.15) is 0 Å². The van der Waals surface area contributed by atoms with E-state index < -0.39 is 6.08 Å². The maximum absolute atomic E-state index is 12.5. The highest BCUT2D eigenvalue weighted by molar-refractivity contribution is 4.93. The van der Waals surface area contributed by atoms with Crippen LogP contribution in [0.2, 0.25) is 0 Å². The van der Waals surface area contributed by atoms with E-state index >= 15 is 0 Å². The Balaban J connectivity index is 1.16. The maximum Gasteiger partial charge on any atom is 0.266 e. The Bertz CT molecular complexity index is 489. The van der Waals surface area contributed by atoms with Crippen molar-refractivity contribution < 1.29 is 18.3 Å². The standard InChI is InChI=1S/C24H38F2O2/c25-23(26)16-17-2-4-18(5-3-17)19-6-8-20(9-7-19)21-10-12-22(13-11-21)24-27-14-1-15-28-24/h16-22,24H,1-15H2. The summed E-state index contributed by atoms with van der Waals surface area (Å²) >= 11 is 0. The van der Waals surface area contributed by atoms with Crippen molar-refractivity contribution in [3.8, 4) is 0 Å². The van der Waals surface area contributed by atoms with Gasteiger partial charge >= 0.3 is 0 Å². The van der Waals surface area contributed by atoms with Crippen LogP contribution in [0.25, 0.3) is 0 Å². The van der Waals surface area contributed by atoms with Crippen LogP contribution >= 0.6 is 0 Å². The van der Waals surface area contributed by atoms with E-state index in [1.165, 1.54) is 57.4 Å². The molecule has 0 bridgehead atoms. The molecule has 1 aliphatic heterocycles. The Kier molecular flexibility index (Phi) is 7.44. The van der Waals surface area contributed by atoms with Crippen molar-refractivity contribution in [3.05, 3.63) is 12.2 Å². The quantitative estimate of drug-likeness (QED) is 0.512. The van der Waals surface area contributed by atoms with E-state index in [0.29, 0.717) is 5.92 Å². The molecule has 4 rings (SSSR count). The first kappa shape index (κ1) is 20.8. The normalized spacial score (nSPS) is 40.8. The highest BCUT2D eigenvalue weighted by atomic mass is 19.3. The molecule has 28 heavy (non-hydrogen) atoms. The van der Waals surface area contributed by atoms with Crippen LogP contribution in [0.4, 0.5) is 8.78 Å². The van der Waals surface area contributed by atoms with Gasteiger partial charge in [-0.1, -0.05) is 0 Å². The monoisotopic (exact) mass is 396 g/mol. The van der Waals surface area contributed by atoms with E-state index in [9.17, 15) is 8.78 Å². The molecule has 0 N–H and O–H groups in total. The molecular formula is C24H38F2O2. The topological polar surface area (TPSA) is 18.5 Å². The van der Waals surface area contributed by atoms with Crippen molar-refractivity contribution in [2.75, 3.05) is 13.2 Å². The lowest BCUT2D eigenvalue weighted by atomic mass is 9.65. The van der Waals surface area contributed by atoms with E-state index in [-0.39, 0.29) is 12.2 Å². The number of ether oxygens (including phenoxy) is 2. The summed E-state index contributed by atoms with van der Waals surface area (Å²) in [5.41, 5.74) is 0. The average Bonchev–Trinajstić information content (AvgIpc) is 2.75. The molecule has 1 saturated heterocycles. The molecule has 0 aromatic carbocycles. The summed E-state index contributed by atoms with van der Waals surface area (Å²) in [7, 11) is 0. The minimum atomic E-state index is -1.49. The smallest absolute Gasteiger partial charge is 0.266 e. The van der Waals surface area contributed by atoms with Gasteiger partial charge in [0.25, 0.3) is 6.08 Å². The summed E-state index contributed by atoms with van der Waals surface area (Å²) in [5, 5.41) is 0. The Morgan fingerprint density at radius 1 is 0.571 bits per heavy atom. The molecular weight excluding hydrogens is 358 g/mol. The van der Waals surface area contributed by atoms with E-state index in [2.05, 4.69) is 0 Å². The lowest BCUT2D eigenvalue weighted by molar-refractivity contribution is -0.211. The van der Waals surface area contributed by atoms with Crippen molar-refractivity contribution in [3.63, 3.8) is 0 Å². The molecule has 1 heterocycles. The van der Waals surface area contributed by atoms with Gasteiger partial charge in [-0.2, -0.15) is 8.78 Å². The van der Waals surface area contributed by atoms with Crippen molar-refractivity contribution in [1.29, 1.82) is 0 Å². The number of hydrogen-bond donors (Lipinski definition) is 0. The Morgan fingerprint density at radius 2 is 0.964 bits per heavy atom. The second-order valence-corrected chi connectivity index (χ2v) is 9.94. The fourth-order valence-corrected chi connectivity index (χ4v) is 6.72. The van der Waals surface area contributed by atoms with Crippen LogP contribution in [0.3, 0.4) is 0 Å². The summed E-state index contributed by atoms with van der Waals surface area (Å²) in [4.78, 5) is 0. The zero-order valence-corrected chi connectivity index (χ0v) is 17.3. The number of allylic oxidation sites excluding steroid dienone is 1.